The van der Waals surface area contributed by atoms with Crippen LogP contribution in [0, 0.1) is 5.92 Å². The van der Waals surface area contributed by atoms with Gasteiger partial charge in [-0.15, -0.1) is 0 Å². The van der Waals surface area contributed by atoms with Crippen LogP contribution in [-0.4, -0.2) is 49.5 Å². The maximum Gasteiger partial charge on any atom is 0.336 e. The molecule has 0 radical (unpaired) electrons. The molecule has 2 saturated carbocycles. The molecular weight excluding hydrogens is 510 g/mol. The second-order valence-electron chi connectivity index (χ2n) is 10.7. The van der Waals surface area contributed by atoms with Crippen LogP contribution >= 0.6 is 0 Å². The van der Waals surface area contributed by atoms with Gasteiger partial charge in [0.15, 0.2) is 23.0 Å². The van der Waals surface area contributed by atoms with Crippen LogP contribution in [0.15, 0.2) is 52.7 Å². The zero-order valence-electron chi connectivity index (χ0n) is 23.6. The Morgan fingerprint density at radius 3 is 2.35 bits per heavy atom. The molecular formula is C32H37NO7. The van der Waals surface area contributed by atoms with Crippen LogP contribution in [-0.2, 0) is 14.3 Å². The van der Waals surface area contributed by atoms with E-state index in [-0.39, 0.29) is 23.6 Å². The molecule has 8 heteroatoms. The summed E-state index contributed by atoms with van der Waals surface area (Å²) >= 11 is 0. The average Bonchev–Trinajstić information content (AvgIpc) is 3.46. The van der Waals surface area contributed by atoms with Gasteiger partial charge in [0.25, 0.3) is 0 Å². The summed E-state index contributed by atoms with van der Waals surface area (Å²) in [6.45, 7) is 4.02. The molecule has 3 atom stereocenters. The van der Waals surface area contributed by atoms with Crippen molar-refractivity contribution in [3.05, 3.63) is 58.8 Å². The Kier molecular flexibility index (Phi) is 8.14. The number of methoxy groups -OCH3 is 2. The largest absolute Gasteiger partial charge is 0.504 e. The third-order valence-electron chi connectivity index (χ3n) is 8.27. The van der Waals surface area contributed by atoms with Gasteiger partial charge in [-0.3, -0.25) is 9.79 Å². The van der Waals surface area contributed by atoms with Crippen LogP contribution in [0.3, 0.4) is 0 Å². The van der Waals surface area contributed by atoms with Crippen molar-refractivity contribution in [1.29, 1.82) is 0 Å². The highest BCUT2D eigenvalue weighted by Crippen LogP contribution is 2.48. The van der Waals surface area contributed by atoms with Crippen molar-refractivity contribution in [2.24, 2.45) is 10.9 Å². The molecule has 5 rings (SSSR count). The Hall–Kier alpha value is -3.81. The number of ether oxygens (including phenoxy) is 4. The molecule has 0 saturated heterocycles. The van der Waals surface area contributed by atoms with Gasteiger partial charge in [-0.2, -0.15) is 0 Å². The molecule has 1 N–H and O–H groups in total. The smallest absolute Gasteiger partial charge is 0.336 e. The zero-order valence-corrected chi connectivity index (χ0v) is 23.6. The lowest BCUT2D eigenvalue weighted by molar-refractivity contribution is -0.144. The molecule has 212 valence electrons. The number of phenolic OH excluding ortho intramolecular Hbond substituents is 1. The predicted octanol–water partition coefficient (Wildman–Crippen LogP) is 5.87. The number of Topliss-reactive ketones (excluding diaryl/α,β-unsaturated/α-hetero) is 1. The number of carbonyl (C=O) groups is 2. The Bertz CT molecular complexity index is 1360. The number of hydrogen-bond acceptors (Lipinski definition) is 8. The summed E-state index contributed by atoms with van der Waals surface area (Å²) in [5.41, 5.74) is 3.41. The van der Waals surface area contributed by atoms with Gasteiger partial charge in [0, 0.05) is 23.7 Å². The Morgan fingerprint density at radius 2 is 1.65 bits per heavy atom. The quantitative estimate of drug-likeness (QED) is 0.412. The molecule has 40 heavy (non-hydrogen) atoms. The van der Waals surface area contributed by atoms with Crippen molar-refractivity contribution in [3.63, 3.8) is 0 Å². The summed E-state index contributed by atoms with van der Waals surface area (Å²) < 4.78 is 22.5. The van der Waals surface area contributed by atoms with Crippen LogP contribution in [0.25, 0.3) is 0 Å². The summed E-state index contributed by atoms with van der Waals surface area (Å²) in [4.78, 5) is 32.5. The lowest BCUT2D eigenvalue weighted by atomic mass is 9.66. The first-order chi connectivity index (χ1) is 19.3. The molecule has 0 amide bonds. The number of ketones is 1. The maximum absolute atomic E-state index is 14.0. The SMILES string of the molecule is CCOc1cc([C@H]2C(C(=O)OC3CCCC3)=C(C)N=C3C[C@H](c4ccc(OC)c(OC)c4)CC(=O)C32)ccc1O. The fourth-order valence-corrected chi connectivity index (χ4v) is 6.36. The van der Waals surface area contributed by atoms with E-state index in [0.717, 1.165) is 37.0 Å². The van der Waals surface area contributed by atoms with E-state index in [1.807, 2.05) is 32.0 Å². The zero-order chi connectivity index (χ0) is 28.4. The van der Waals surface area contributed by atoms with Crippen LogP contribution in [0.1, 0.15) is 75.3 Å². The van der Waals surface area contributed by atoms with Gasteiger partial charge in [0.05, 0.1) is 32.3 Å². The molecule has 0 spiro atoms. The first-order valence-electron chi connectivity index (χ1n) is 14.0. The van der Waals surface area contributed by atoms with Crippen molar-refractivity contribution in [2.45, 2.75) is 70.3 Å². The van der Waals surface area contributed by atoms with Crippen LogP contribution in [0.4, 0.5) is 0 Å². The predicted molar refractivity (Wildman–Crippen MR) is 151 cm³/mol. The Morgan fingerprint density at radius 1 is 0.950 bits per heavy atom. The van der Waals surface area contributed by atoms with Gasteiger partial charge in [-0.05, 0) is 87.3 Å². The molecule has 2 aromatic carbocycles. The van der Waals surface area contributed by atoms with E-state index in [9.17, 15) is 14.7 Å². The van der Waals surface area contributed by atoms with Gasteiger partial charge in [0.1, 0.15) is 11.9 Å². The number of fused-ring (bicyclic) bond motifs is 1. The second kappa shape index (κ2) is 11.7. The Balaban J connectivity index is 1.55. The van der Waals surface area contributed by atoms with Gasteiger partial charge in [-0.25, -0.2) is 4.79 Å². The number of phenols is 1. The molecule has 1 aliphatic heterocycles. The summed E-state index contributed by atoms with van der Waals surface area (Å²) in [7, 11) is 3.18. The van der Waals surface area contributed by atoms with Gasteiger partial charge < -0.3 is 24.1 Å². The molecule has 2 aromatic rings. The van der Waals surface area contributed by atoms with Crippen molar-refractivity contribution in [1.82, 2.24) is 0 Å². The highest BCUT2D eigenvalue weighted by molar-refractivity contribution is 6.12. The average molecular weight is 548 g/mol. The highest BCUT2D eigenvalue weighted by Gasteiger charge is 2.46. The van der Waals surface area contributed by atoms with Crippen LogP contribution < -0.4 is 14.2 Å². The summed E-state index contributed by atoms with van der Waals surface area (Å²) in [6, 6.07) is 10.8. The molecule has 2 fully saturated rings. The minimum absolute atomic E-state index is 0.00886. The number of rotatable bonds is 8. The van der Waals surface area contributed by atoms with Crippen LogP contribution in [0.2, 0.25) is 0 Å². The van der Waals surface area contributed by atoms with E-state index >= 15 is 0 Å². The summed E-state index contributed by atoms with van der Waals surface area (Å²) in [5.74, 6) is -0.114. The maximum atomic E-state index is 14.0. The van der Waals surface area contributed by atoms with Crippen molar-refractivity contribution < 1.29 is 33.6 Å². The fraction of sp³-hybridized carbons (Fsp3) is 0.469. The van der Waals surface area contributed by atoms with Crippen molar-refractivity contribution in [3.8, 4) is 23.0 Å². The van der Waals surface area contributed by atoms with Crippen LogP contribution in [0.5, 0.6) is 23.0 Å². The van der Waals surface area contributed by atoms with Crippen molar-refractivity contribution in [2.75, 3.05) is 20.8 Å². The topological polar surface area (TPSA) is 104 Å². The lowest BCUT2D eigenvalue weighted by Crippen LogP contribution is -2.41. The van der Waals surface area contributed by atoms with E-state index in [1.165, 1.54) is 0 Å². The lowest BCUT2D eigenvalue weighted by Gasteiger charge is -2.38. The third-order valence-corrected chi connectivity index (χ3v) is 8.27. The normalized spacial score (nSPS) is 22.9. The Labute approximate surface area is 235 Å². The molecule has 1 unspecified atom stereocenters. The van der Waals surface area contributed by atoms with Gasteiger partial charge >= 0.3 is 5.97 Å². The molecule has 1 heterocycles. The minimum atomic E-state index is -0.606. The van der Waals surface area contributed by atoms with Gasteiger partial charge in [-0.1, -0.05) is 12.1 Å². The molecule has 8 nitrogen and oxygen atoms in total. The van der Waals surface area contributed by atoms with E-state index in [2.05, 4.69) is 0 Å². The first-order valence-corrected chi connectivity index (χ1v) is 14.0. The molecule has 2 aliphatic carbocycles. The third kappa shape index (κ3) is 5.31. The first kappa shape index (κ1) is 27.7. The van der Waals surface area contributed by atoms with E-state index < -0.39 is 17.8 Å². The highest BCUT2D eigenvalue weighted by atomic mass is 16.5. The van der Waals surface area contributed by atoms with Crippen molar-refractivity contribution >= 4 is 17.5 Å². The molecule has 0 bridgehead atoms. The monoisotopic (exact) mass is 547 g/mol. The van der Waals surface area contributed by atoms with E-state index in [1.54, 1.807) is 32.4 Å². The fourth-order valence-electron chi connectivity index (χ4n) is 6.36. The number of nitrogens with zero attached hydrogens (tertiary/aromatic N) is 1. The summed E-state index contributed by atoms with van der Waals surface area (Å²) in [5, 5.41) is 10.4. The number of esters is 1. The minimum Gasteiger partial charge on any atom is -0.504 e. The second-order valence-corrected chi connectivity index (χ2v) is 10.7. The number of carbonyl (C=O) groups excluding carboxylic acids is 2. The van der Waals surface area contributed by atoms with E-state index in [4.69, 9.17) is 23.9 Å². The summed E-state index contributed by atoms with van der Waals surface area (Å²) in [6.07, 6.45) is 4.53. The van der Waals surface area contributed by atoms with Gasteiger partial charge in [0.2, 0.25) is 0 Å². The molecule has 3 aliphatic rings. The number of aliphatic imine (C=N–C) groups is 1. The standard InChI is InChI=1S/C32H37NO7/c1-5-39-27-17-20(10-12-24(27)34)30-29(32(36)40-22-8-6-7-9-22)18(2)33-23-14-21(15-25(35)31(23)30)19-11-13-26(37-3)28(16-19)38-4/h10-13,16-17,21-22,30-31,34H,5-9,14-15H2,1-4H3/t21-,30-,31?/m0/s1. The number of aromatic hydroxyl groups is 1. The molecule has 0 aromatic heterocycles. The number of benzene rings is 2. The number of allylic oxidation sites excluding steroid dienone is 1. The van der Waals surface area contributed by atoms with E-state index in [0.29, 0.717) is 53.5 Å². The number of hydrogen-bond donors (Lipinski definition) is 1.